The number of nitrogens with one attached hydrogen (secondary N) is 1. The normalized spacial score (nSPS) is 25.6. The number of piperidine rings is 2. The van der Waals surface area contributed by atoms with Gasteiger partial charge in [0.15, 0.2) is 0 Å². The number of sulfonamides is 2. The quantitative estimate of drug-likeness (QED) is 0.0710. The molecule has 4 aromatic rings. The Bertz CT molecular complexity index is 2990. The molecule has 0 aromatic heterocycles. The Hall–Kier alpha value is -4.06. The molecule has 2 amide bonds. The number of halogens is 4. The molecule has 8 unspecified atom stereocenters. The average Bonchev–Trinajstić information content (AvgIpc) is 4.25. The second-order valence-electron chi connectivity index (χ2n) is 21.9. The van der Waals surface area contributed by atoms with Gasteiger partial charge in [-0.3, -0.25) is 19.2 Å². The maximum Gasteiger partial charge on any atom is 0.314 e. The van der Waals surface area contributed by atoms with Crippen LogP contribution in [0, 0.1) is 22.7 Å². The van der Waals surface area contributed by atoms with Gasteiger partial charge >= 0.3 is 11.9 Å². The molecule has 8 rings (SSSR count). The molecule has 0 spiro atoms. The lowest BCUT2D eigenvalue weighted by atomic mass is 9.66. The van der Waals surface area contributed by atoms with Crippen LogP contribution in [0.25, 0.3) is 0 Å². The first-order valence-electron chi connectivity index (χ1n) is 25.1. The molecular weight excluding hydrogens is 1070 g/mol. The summed E-state index contributed by atoms with van der Waals surface area (Å²) < 4.78 is 64.7. The Labute approximate surface area is 455 Å². The van der Waals surface area contributed by atoms with Crippen LogP contribution in [0.5, 0.6) is 0 Å². The number of ether oxygens (including phenoxy) is 1. The highest BCUT2D eigenvalue weighted by Crippen LogP contribution is 2.56. The molecule has 2 aliphatic carbocycles. The van der Waals surface area contributed by atoms with E-state index in [9.17, 15) is 26.4 Å². The van der Waals surface area contributed by atoms with Crippen LogP contribution < -0.4 is 4.72 Å². The predicted octanol–water partition coefficient (Wildman–Crippen LogP) is 10.8. The summed E-state index contributed by atoms with van der Waals surface area (Å²) in [5.74, 6) is -5.03. The van der Waals surface area contributed by atoms with Gasteiger partial charge in [-0.05, 0) is 135 Å². The first-order chi connectivity index (χ1) is 34.8. The summed E-state index contributed by atoms with van der Waals surface area (Å²) in [7, 11) is -4.88. The van der Waals surface area contributed by atoms with Gasteiger partial charge in [-0.25, -0.2) is 25.9 Å². The van der Waals surface area contributed by atoms with Gasteiger partial charge in [-0.2, -0.15) is 0 Å². The SMILES string of the molecule is CC(C)NS(=O)(=O)CC(C1CC1)N1C(=O)C(C)(CC(=O)OC(=O)CC2(C)CC(c3cccc(Cl)c3)C(c3ccc(Cl)cc3)N(C(CS(=O)(=O)N(C)C)C3CC3)C2=O)CC(c2cccc(Cl)c2)C1c1ccc(Cl)cc1. The van der Waals surface area contributed by atoms with E-state index in [1.807, 2.05) is 36.4 Å². The van der Waals surface area contributed by atoms with Crippen molar-refractivity contribution < 1.29 is 40.8 Å². The van der Waals surface area contributed by atoms with E-state index in [4.69, 9.17) is 51.1 Å². The van der Waals surface area contributed by atoms with E-state index in [2.05, 4.69) is 4.72 Å². The smallest absolute Gasteiger partial charge is 0.314 e. The zero-order valence-electron chi connectivity index (χ0n) is 42.3. The van der Waals surface area contributed by atoms with Crippen molar-refractivity contribution in [3.05, 3.63) is 139 Å². The van der Waals surface area contributed by atoms with Crippen LogP contribution in [-0.4, -0.2) is 98.4 Å². The number of carbonyl (C=O) groups is 4. The molecule has 74 heavy (non-hydrogen) atoms. The lowest BCUT2D eigenvalue weighted by molar-refractivity contribution is -0.172. The van der Waals surface area contributed by atoms with Crippen LogP contribution in [0.4, 0.5) is 0 Å². The molecule has 8 atom stereocenters. The van der Waals surface area contributed by atoms with E-state index < -0.39 is 110 Å². The Morgan fingerprint density at radius 3 is 1.36 bits per heavy atom. The van der Waals surface area contributed by atoms with Crippen molar-refractivity contribution in [2.45, 2.75) is 121 Å². The van der Waals surface area contributed by atoms with Crippen molar-refractivity contribution in [3.8, 4) is 0 Å². The van der Waals surface area contributed by atoms with Crippen LogP contribution in [0.1, 0.15) is 125 Å². The van der Waals surface area contributed by atoms with Gasteiger partial charge in [0.25, 0.3) is 0 Å². The van der Waals surface area contributed by atoms with Crippen LogP contribution >= 0.6 is 46.4 Å². The van der Waals surface area contributed by atoms with Crippen molar-refractivity contribution in [1.82, 2.24) is 18.8 Å². The third kappa shape index (κ3) is 12.7. The Kier molecular flexibility index (Phi) is 16.8. The lowest BCUT2D eigenvalue weighted by Gasteiger charge is -2.52. The summed E-state index contributed by atoms with van der Waals surface area (Å²) in [6, 6.07) is 25.2. The Morgan fingerprint density at radius 1 is 0.622 bits per heavy atom. The van der Waals surface area contributed by atoms with Gasteiger partial charge in [0.2, 0.25) is 31.9 Å². The first-order valence-corrected chi connectivity index (χ1v) is 29.9. The van der Waals surface area contributed by atoms with E-state index in [0.29, 0.717) is 56.9 Å². The third-order valence-electron chi connectivity index (χ3n) is 15.3. The van der Waals surface area contributed by atoms with Crippen LogP contribution in [0.15, 0.2) is 97.1 Å². The van der Waals surface area contributed by atoms with Crippen molar-refractivity contribution in [2.24, 2.45) is 22.7 Å². The largest absolute Gasteiger partial charge is 0.393 e. The zero-order chi connectivity index (χ0) is 53.7. The molecule has 13 nitrogen and oxygen atoms in total. The summed E-state index contributed by atoms with van der Waals surface area (Å²) in [5, 5.41) is 1.83. The number of hydrogen-bond donors (Lipinski definition) is 1. The minimum atomic E-state index is -3.93. The van der Waals surface area contributed by atoms with Crippen LogP contribution in [-0.2, 0) is 44.0 Å². The second-order valence-corrected chi connectivity index (χ2v) is 27.7. The van der Waals surface area contributed by atoms with E-state index >= 15 is 9.59 Å². The maximum atomic E-state index is 15.6. The molecule has 2 aliphatic heterocycles. The molecule has 2 saturated heterocycles. The number of amides is 2. The van der Waals surface area contributed by atoms with E-state index in [1.54, 1.807) is 98.2 Å². The first kappa shape index (κ1) is 56.2. The number of hydrogen-bond acceptors (Lipinski definition) is 9. The number of nitrogens with zero attached hydrogens (tertiary/aromatic N) is 3. The number of benzene rings is 4. The molecule has 2 heterocycles. The molecule has 4 aromatic carbocycles. The average molecular weight is 1130 g/mol. The number of likely N-dealkylation sites (tertiary alicyclic amines) is 2. The van der Waals surface area contributed by atoms with Gasteiger partial charge in [-0.1, -0.05) is 109 Å². The van der Waals surface area contributed by atoms with Crippen LogP contribution in [0.3, 0.4) is 0 Å². The minimum absolute atomic E-state index is 0.0879. The molecule has 4 fully saturated rings. The lowest BCUT2D eigenvalue weighted by Crippen LogP contribution is -2.59. The summed E-state index contributed by atoms with van der Waals surface area (Å²) in [6.07, 6.45) is 1.83. The Balaban J connectivity index is 1.14. The van der Waals surface area contributed by atoms with Crippen molar-refractivity contribution in [3.63, 3.8) is 0 Å². The second kappa shape index (κ2) is 22.1. The third-order valence-corrected chi connectivity index (χ3v) is 19.7. The summed E-state index contributed by atoms with van der Waals surface area (Å²) in [6.45, 7) is 6.74. The zero-order valence-corrected chi connectivity index (χ0v) is 47.0. The molecule has 0 radical (unpaired) electrons. The standard InChI is InChI=1S/C55H64Cl4N4O9S2/c1-33(2)60-73(68,69)31-46(34-13-14-34)62-50(36-17-21-40(56)22-18-36)44(38-9-7-11-42(58)25-38)27-54(3,52(62)66)29-48(64)72-49(65)30-55(4)28-45(39-10-8-12-43(59)26-39)51(37-19-23-41(57)24-20-37)63(53(55)67)47(35-15-16-35)32-74(70,71)61(5)6/h7-12,17-26,33-35,44-47,50-51,60H,13-16,27-32H2,1-6H3. The molecule has 19 heteroatoms. The summed E-state index contributed by atoms with van der Waals surface area (Å²) >= 11 is 26.1. The van der Waals surface area contributed by atoms with E-state index in [0.717, 1.165) is 15.4 Å². The number of rotatable bonds is 19. The monoisotopic (exact) mass is 1130 g/mol. The number of esters is 2. The van der Waals surface area contributed by atoms with Crippen molar-refractivity contribution >= 4 is 90.2 Å². The fourth-order valence-electron chi connectivity index (χ4n) is 11.5. The summed E-state index contributed by atoms with van der Waals surface area (Å²) in [5.41, 5.74) is -0.120. The van der Waals surface area contributed by atoms with Gasteiger partial charge in [0.05, 0.1) is 59.3 Å². The molecule has 0 bridgehead atoms. The van der Waals surface area contributed by atoms with Gasteiger partial charge in [-0.15, -0.1) is 0 Å². The maximum absolute atomic E-state index is 15.6. The van der Waals surface area contributed by atoms with E-state index in [-0.39, 0.29) is 36.2 Å². The highest BCUT2D eigenvalue weighted by Gasteiger charge is 2.58. The fraction of sp³-hybridized carbons (Fsp3) is 0.491. The molecule has 4 aliphatic rings. The van der Waals surface area contributed by atoms with Gasteiger partial charge in [0.1, 0.15) is 0 Å². The molecule has 2 saturated carbocycles. The molecule has 398 valence electrons. The molecular formula is C55H64Cl4N4O9S2. The van der Waals surface area contributed by atoms with Crippen molar-refractivity contribution in [2.75, 3.05) is 25.6 Å². The highest BCUT2D eigenvalue weighted by molar-refractivity contribution is 7.89. The molecule has 1 N–H and O–H groups in total. The van der Waals surface area contributed by atoms with Crippen LogP contribution in [0.2, 0.25) is 20.1 Å². The fourth-order valence-corrected chi connectivity index (χ4v) is 15.0. The van der Waals surface area contributed by atoms with Crippen molar-refractivity contribution in [1.29, 1.82) is 0 Å². The van der Waals surface area contributed by atoms with E-state index in [1.165, 1.54) is 14.1 Å². The van der Waals surface area contributed by atoms with Gasteiger partial charge in [0, 0.05) is 52.1 Å². The number of carbonyl (C=O) groups excluding carboxylic acids is 4. The topological polar surface area (TPSA) is 168 Å². The summed E-state index contributed by atoms with van der Waals surface area (Å²) in [4.78, 5) is 63.4. The predicted molar refractivity (Wildman–Crippen MR) is 289 cm³/mol. The van der Waals surface area contributed by atoms with Gasteiger partial charge < -0.3 is 14.5 Å². The minimum Gasteiger partial charge on any atom is -0.393 e. The Morgan fingerprint density at radius 2 is 1.01 bits per heavy atom. The highest BCUT2D eigenvalue weighted by atomic mass is 35.5.